The van der Waals surface area contributed by atoms with Gasteiger partial charge >= 0.3 is 0 Å². The first-order valence-electron chi connectivity index (χ1n) is 6.98. The first kappa shape index (κ1) is 14.6. The number of hydrogen-bond acceptors (Lipinski definition) is 5. The van der Waals surface area contributed by atoms with Crippen molar-refractivity contribution in [3.05, 3.63) is 24.5 Å². The van der Waals surface area contributed by atoms with Gasteiger partial charge in [-0.05, 0) is 25.0 Å². The van der Waals surface area contributed by atoms with E-state index in [0.29, 0.717) is 6.04 Å². The van der Waals surface area contributed by atoms with E-state index >= 15 is 0 Å². The van der Waals surface area contributed by atoms with E-state index in [9.17, 15) is 4.79 Å². The van der Waals surface area contributed by atoms with E-state index in [-0.39, 0.29) is 18.2 Å². The van der Waals surface area contributed by atoms with Crippen molar-refractivity contribution in [1.29, 1.82) is 0 Å². The lowest BCUT2D eigenvalue weighted by molar-refractivity contribution is -0.118. The standard InChI is InChI=1S/C15H15N5OS/c1-2-7-17-13(21)10-22-15-19-18-14(20(15)12-5-6-12)11-4-3-8-16-9-11/h1,3-4,8-9,12H,5-7,10H2,(H,17,21). The lowest BCUT2D eigenvalue weighted by Crippen LogP contribution is -2.25. The van der Waals surface area contributed by atoms with Gasteiger partial charge in [-0.2, -0.15) is 0 Å². The van der Waals surface area contributed by atoms with E-state index < -0.39 is 0 Å². The molecule has 112 valence electrons. The second kappa shape index (κ2) is 6.62. The molecule has 0 unspecified atom stereocenters. The number of nitrogens with zero attached hydrogens (tertiary/aromatic N) is 4. The molecule has 2 aromatic rings. The van der Waals surface area contributed by atoms with Crippen molar-refractivity contribution in [1.82, 2.24) is 25.1 Å². The molecule has 1 aliphatic rings. The van der Waals surface area contributed by atoms with E-state index in [4.69, 9.17) is 6.42 Å². The number of carbonyl (C=O) groups excluding carboxylic acids is 1. The SMILES string of the molecule is C#CCNC(=O)CSc1nnc(-c2cccnc2)n1C1CC1. The molecule has 0 aromatic carbocycles. The lowest BCUT2D eigenvalue weighted by atomic mass is 10.3. The molecule has 0 aliphatic heterocycles. The summed E-state index contributed by atoms with van der Waals surface area (Å²) in [5.74, 6) is 3.36. The zero-order valence-electron chi connectivity index (χ0n) is 11.9. The molecule has 0 spiro atoms. The molecule has 7 heteroatoms. The van der Waals surface area contributed by atoms with Crippen LogP contribution < -0.4 is 5.32 Å². The number of aromatic nitrogens is 4. The Labute approximate surface area is 132 Å². The van der Waals surface area contributed by atoms with Gasteiger partial charge in [0.25, 0.3) is 0 Å². The third-order valence-electron chi connectivity index (χ3n) is 3.22. The maximum Gasteiger partial charge on any atom is 0.231 e. The molecule has 1 N–H and O–H groups in total. The van der Waals surface area contributed by atoms with Gasteiger partial charge in [-0.25, -0.2) is 0 Å². The Morgan fingerprint density at radius 1 is 1.50 bits per heavy atom. The number of terminal acetylenes is 1. The molecule has 3 rings (SSSR count). The normalized spacial score (nSPS) is 13.6. The van der Waals surface area contributed by atoms with Crippen LogP contribution in [0.1, 0.15) is 18.9 Å². The van der Waals surface area contributed by atoms with Crippen molar-refractivity contribution in [2.24, 2.45) is 0 Å². The Balaban J connectivity index is 1.77. The van der Waals surface area contributed by atoms with Crippen molar-refractivity contribution < 1.29 is 4.79 Å². The predicted octanol–water partition coefficient (Wildman–Crippen LogP) is 1.52. The van der Waals surface area contributed by atoms with Gasteiger partial charge in [-0.15, -0.1) is 16.6 Å². The number of rotatable bonds is 6. The summed E-state index contributed by atoms with van der Waals surface area (Å²) < 4.78 is 2.11. The summed E-state index contributed by atoms with van der Waals surface area (Å²) in [6.45, 7) is 0.246. The van der Waals surface area contributed by atoms with Crippen LogP contribution in [0.4, 0.5) is 0 Å². The Hall–Kier alpha value is -2.33. The first-order valence-corrected chi connectivity index (χ1v) is 7.96. The largest absolute Gasteiger partial charge is 0.344 e. The van der Waals surface area contributed by atoms with E-state index in [2.05, 4.69) is 31.0 Å². The number of amides is 1. The molecular formula is C15H15N5OS. The molecular weight excluding hydrogens is 298 g/mol. The minimum absolute atomic E-state index is 0.101. The predicted molar refractivity (Wildman–Crippen MR) is 84.1 cm³/mol. The highest BCUT2D eigenvalue weighted by molar-refractivity contribution is 7.99. The van der Waals surface area contributed by atoms with Gasteiger partial charge in [0.2, 0.25) is 5.91 Å². The second-order valence-corrected chi connectivity index (χ2v) is 5.86. The molecule has 2 heterocycles. The fraction of sp³-hybridized carbons (Fsp3) is 0.333. The number of thioether (sulfide) groups is 1. The summed E-state index contributed by atoms with van der Waals surface area (Å²) in [5, 5.41) is 11.9. The molecule has 0 bridgehead atoms. The summed E-state index contributed by atoms with van der Waals surface area (Å²) in [6, 6.07) is 4.26. The van der Waals surface area contributed by atoms with Crippen molar-refractivity contribution in [3.8, 4) is 23.7 Å². The minimum atomic E-state index is -0.101. The van der Waals surface area contributed by atoms with E-state index in [1.54, 1.807) is 12.4 Å². The molecule has 0 atom stereocenters. The zero-order chi connectivity index (χ0) is 15.4. The Kier molecular flexibility index (Phi) is 4.39. The fourth-order valence-corrected chi connectivity index (χ4v) is 2.90. The van der Waals surface area contributed by atoms with Crippen LogP contribution in [0.25, 0.3) is 11.4 Å². The van der Waals surface area contributed by atoms with Crippen LogP contribution in [-0.4, -0.2) is 38.0 Å². The molecule has 1 saturated carbocycles. The van der Waals surface area contributed by atoms with E-state index in [1.807, 2.05) is 12.1 Å². The summed E-state index contributed by atoms with van der Waals surface area (Å²) >= 11 is 1.38. The van der Waals surface area contributed by atoms with Crippen LogP contribution in [0.3, 0.4) is 0 Å². The van der Waals surface area contributed by atoms with Gasteiger partial charge < -0.3 is 5.32 Å². The van der Waals surface area contributed by atoms with Gasteiger partial charge in [-0.3, -0.25) is 14.3 Å². The minimum Gasteiger partial charge on any atom is -0.344 e. The van der Waals surface area contributed by atoms with Crippen molar-refractivity contribution in [3.63, 3.8) is 0 Å². The third-order valence-corrected chi connectivity index (χ3v) is 4.16. The molecule has 1 aliphatic carbocycles. The van der Waals surface area contributed by atoms with Gasteiger partial charge in [0.1, 0.15) is 0 Å². The summed E-state index contributed by atoms with van der Waals surface area (Å²) in [6.07, 6.45) is 10.9. The maximum absolute atomic E-state index is 11.7. The van der Waals surface area contributed by atoms with Crippen molar-refractivity contribution in [2.45, 2.75) is 24.0 Å². The highest BCUT2D eigenvalue weighted by Crippen LogP contribution is 2.40. The molecule has 2 aromatic heterocycles. The van der Waals surface area contributed by atoms with Gasteiger partial charge in [0.15, 0.2) is 11.0 Å². The average Bonchev–Trinajstić information content (AvgIpc) is 3.31. The van der Waals surface area contributed by atoms with E-state index in [1.165, 1.54) is 11.8 Å². The van der Waals surface area contributed by atoms with Crippen LogP contribution in [-0.2, 0) is 4.79 Å². The van der Waals surface area contributed by atoms with Gasteiger partial charge in [0.05, 0.1) is 12.3 Å². The smallest absolute Gasteiger partial charge is 0.231 e. The third kappa shape index (κ3) is 3.28. The molecule has 1 amide bonds. The Morgan fingerprint density at radius 3 is 3.05 bits per heavy atom. The summed E-state index contributed by atoms with van der Waals surface area (Å²) in [4.78, 5) is 15.8. The highest BCUT2D eigenvalue weighted by Gasteiger charge is 2.30. The molecule has 0 saturated heterocycles. The van der Waals surface area contributed by atoms with Crippen molar-refractivity contribution in [2.75, 3.05) is 12.3 Å². The lowest BCUT2D eigenvalue weighted by Gasteiger charge is -2.08. The maximum atomic E-state index is 11.7. The van der Waals surface area contributed by atoms with Crippen LogP contribution in [0, 0.1) is 12.3 Å². The van der Waals surface area contributed by atoms with Crippen LogP contribution in [0.2, 0.25) is 0 Å². The number of pyridine rings is 1. The summed E-state index contributed by atoms with van der Waals surface area (Å²) in [5.41, 5.74) is 0.936. The molecule has 22 heavy (non-hydrogen) atoms. The molecule has 0 radical (unpaired) electrons. The van der Waals surface area contributed by atoms with Crippen LogP contribution in [0.15, 0.2) is 29.7 Å². The average molecular weight is 313 g/mol. The topological polar surface area (TPSA) is 72.7 Å². The zero-order valence-corrected chi connectivity index (χ0v) is 12.7. The van der Waals surface area contributed by atoms with Gasteiger partial charge in [-0.1, -0.05) is 17.7 Å². The molecule has 6 nitrogen and oxygen atoms in total. The quantitative estimate of drug-likeness (QED) is 0.646. The second-order valence-electron chi connectivity index (χ2n) is 4.92. The van der Waals surface area contributed by atoms with Crippen molar-refractivity contribution >= 4 is 17.7 Å². The number of hydrogen-bond donors (Lipinski definition) is 1. The van der Waals surface area contributed by atoms with Gasteiger partial charge in [0, 0.05) is 24.0 Å². The molecule has 1 fully saturated rings. The van der Waals surface area contributed by atoms with E-state index in [0.717, 1.165) is 29.4 Å². The number of carbonyl (C=O) groups is 1. The fourth-order valence-electron chi connectivity index (χ4n) is 2.06. The number of nitrogens with one attached hydrogen (secondary N) is 1. The van der Waals surface area contributed by atoms with Crippen LogP contribution >= 0.6 is 11.8 Å². The Bertz CT molecular complexity index is 702. The monoisotopic (exact) mass is 313 g/mol. The summed E-state index contributed by atoms with van der Waals surface area (Å²) in [7, 11) is 0. The Morgan fingerprint density at radius 2 is 2.36 bits per heavy atom. The van der Waals surface area contributed by atoms with Crippen LogP contribution in [0.5, 0.6) is 0 Å². The first-order chi connectivity index (χ1) is 10.8. The highest BCUT2D eigenvalue weighted by atomic mass is 32.2.